The standard InChI is InChI=1S/C29H35N7O11.C12H23N3O3/c1-29(2,3)47-28(40)34-15-21(16-34)31-24(37)5-4-14-30-25(32-26(38)45-17-19-6-10-22(11-7-19)35(41)42)33-27(39)46-18-20-8-12-23(13-9-20)36(43)44;1-12(2,3)18-11(17)15-7-9(8-15)14-10(16)5-4-6-13/h6-13,21H,4-5,14-18H2,1-3H3,(H,31,37)(H2,30,32,33,38,39);9H,4-8,13H2,1-3H3,(H,14,16). The lowest BCUT2D eigenvalue weighted by atomic mass is 10.1. The number of nitrogens with two attached hydrogens (primary N) is 1. The number of carbonyl (C=O) groups excluding carboxylic acids is 6. The van der Waals surface area contributed by atoms with Crippen molar-refractivity contribution < 1.29 is 57.6 Å². The van der Waals surface area contributed by atoms with Gasteiger partial charge in [-0.3, -0.25) is 45.4 Å². The number of nitro benzene ring substituents is 2. The van der Waals surface area contributed by atoms with Crippen LogP contribution in [0.5, 0.6) is 0 Å². The monoisotopic (exact) mass is 914 g/mol. The molecule has 6 amide bonds. The van der Waals surface area contributed by atoms with Crippen molar-refractivity contribution in [2.75, 3.05) is 39.3 Å². The largest absolute Gasteiger partial charge is 0.444 e. The fourth-order valence-electron chi connectivity index (χ4n) is 5.48. The smallest absolute Gasteiger partial charge is 0.414 e. The van der Waals surface area contributed by atoms with Crippen LogP contribution in [-0.2, 0) is 41.8 Å². The average molecular weight is 915 g/mol. The van der Waals surface area contributed by atoms with Gasteiger partial charge in [-0.05, 0) is 96.3 Å². The van der Waals surface area contributed by atoms with E-state index in [0.717, 1.165) is 0 Å². The molecule has 6 N–H and O–H groups in total. The lowest BCUT2D eigenvalue weighted by molar-refractivity contribution is -0.385. The summed E-state index contributed by atoms with van der Waals surface area (Å²) >= 11 is 0. The van der Waals surface area contributed by atoms with Crippen molar-refractivity contribution in [3.63, 3.8) is 0 Å². The Morgan fingerprint density at radius 3 is 1.37 bits per heavy atom. The van der Waals surface area contributed by atoms with Crippen LogP contribution in [0.25, 0.3) is 0 Å². The SMILES string of the molecule is CC(C)(C)OC(=O)N1CC(NC(=O)CCCN)C1.CC(C)(C)OC(=O)N1CC(NC(=O)CCCN=C(NC(=O)OCc2ccc([N+](=O)[O-])cc2)NC(=O)OCc2ccc([N+](=O)[O-])cc2)C1. The molecule has 0 aliphatic carbocycles. The van der Waals surface area contributed by atoms with Crippen LogP contribution in [0, 0.1) is 20.2 Å². The van der Waals surface area contributed by atoms with E-state index in [-0.39, 0.29) is 79.9 Å². The van der Waals surface area contributed by atoms with Crippen molar-refractivity contribution in [2.24, 2.45) is 10.7 Å². The Balaban J connectivity index is 0.000000520. The minimum atomic E-state index is -1.00. The summed E-state index contributed by atoms with van der Waals surface area (Å²) in [6, 6.07) is 10.5. The normalized spacial score (nSPS) is 13.5. The van der Waals surface area contributed by atoms with Gasteiger partial charge < -0.3 is 45.1 Å². The molecule has 4 rings (SSSR count). The molecule has 2 aromatic carbocycles. The van der Waals surface area contributed by atoms with Crippen LogP contribution < -0.4 is 27.0 Å². The molecule has 0 bridgehead atoms. The number of likely N-dealkylation sites (tertiary alicyclic amines) is 2. The number of ether oxygens (including phenoxy) is 4. The average Bonchev–Trinajstić information content (AvgIpc) is 3.18. The van der Waals surface area contributed by atoms with Crippen LogP contribution in [0.15, 0.2) is 53.5 Å². The third kappa shape index (κ3) is 20.3. The molecular formula is C41H58N10O14. The summed E-state index contributed by atoms with van der Waals surface area (Å²) in [5.74, 6) is -0.615. The molecule has 24 heteroatoms. The number of nitro groups is 2. The predicted octanol–water partition coefficient (Wildman–Crippen LogP) is 3.99. The number of nitrogens with zero attached hydrogens (tertiary/aromatic N) is 5. The van der Waals surface area contributed by atoms with E-state index in [1.807, 2.05) is 20.8 Å². The lowest BCUT2D eigenvalue weighted by Gasteiger charge is -2.39. The molecule has 2 aliphatic heterocycles. The predicted molar refractivity (Wildman–Crippen MR) is 232 cm³/mol. The summed E-state index contributed by atoms with van der Waals surface area (Å²) in [5.41, 5.74) is 4.89. The van der Waals surface area contributed by atoms with Gasteiger partial charge in [0.1, 0.15) is 24.4 Å². The number of rotatable bonds is 15. The van der Waals surface area contributed by atoms with Crippen molar-refractivity contribution in [2.45, 2.75) is 104 Å². The molecule has 0 saturated carbocycles. The summed E-state index contributed by atoms with van der Waals surface area (Å²) in [5, 5.41) is 31.9. The molecule has 0 unspecified atom stereocenters. The number of guanidine groups is 1. The Labute approximate surface area is 375 Å². The third-order valence-corrected chi connectivity index (χ3v) is 8.71. The molecule has 24 nitrogen and oxygen atoms in total. The quantitative estimate of drug-likeness (QED) is 0.0421. The third-order valence-electron chi connectivity index (χ3n) is 8.71. The number of carbonyl (C=O) groups is 6. The van der Waals surface area contributed by atoms with Crippen molar-refractivity contribution in [1.29, 1.82) is 0 Å². The van der Waals surface area contributed by atoms with E-state index >= 15 is 0 Å². The first-order valence-corrected chi connectivity index (χ1v) is 20.6. The first kappa shape index (κ1) is 52.2. The highest BCUT2D eigenvalue weighted by Crippen LogP contribution is 2.18. The number of nitrogens with one attached hydrogen (secondary N) is 4. The van der Waals surface area contributed by atoms with Gasteiger partial charge in [-0.25, -0.2) is 19.2 Å². The van der Waals surface area contributed by atoms with E-state index in [1.165, 1.54) is 53.4 Å². The molecule has 0 atom stereocenters. The number of hydrogen-bond donors (Lipinski definition) is 5. The van der Waals surface area contributed by atoms with Gasteiger partial charge in [0, 0.05) is 69.8 Å². The zero-order valence-corrected chi connectivity index (χ0v) is 37.3. The van der Waals surface area contributed by atoms with Crippen LogP contribution in [0.4, 0.5) is 30.6 Å². The second-order valence-corrected chi connectivity index (χ2v) is 16.8. The molecule has 2 aliphatic rings. The van der Waals surface area contributed by atoms with Crippen molar-refractivity contribution in [3.8, 4) is 0 Å². The van der Waals surface area contributed by atoms with Gasteiger partial charge in [-0.1, -0.05) is 0 Å². The van der Waals surface area contributed by atoms with E-state index in [4.69, 9.17) is 24.7 Å². The van der Waals surface area contributed by atoms with Gasteiger partial charge in [0.15, 0.2) is 0 Å². The molecule has 2 saturated heterocycles. The van der Waals surface area contributed by atoms with Gasteiger partial charge in [-0.2, -0.15) is 0 Å². The van der Waals surface area contributed by atoms with Gasteiger partial charge >= 0.3 is 24.4 Å². The van der Waals surface area contributed by atoms with Crippen molar-refractivity contribution in [1.82, 2.24) is 31.1 Å². The van der Waals surface area contributed by atoms with Crippen LogP contribution in [0.1, 0.15) is 78.4 Å². The number of alkyl carbamates (subject to hydrolysis) is 2. The maximum Gasteiger partial charge on any atom is 0.414 e. The summed E-state index contributed by atoms with van der Waals surface area (Å²) in [4.78, 5) is 100.0. The second kappa shape index (κ2) is 24.7. The highest BCUT2D eigenvalue weighted by molar-refractivity contribution is 6.01. The van der Waals surface area contributed by atoms with E-state index < -0.39 is 39.3 Å². The van der Waals surface area contributed by atoms with Gasteiger partial charge in [-0.15, -0.1) is 0 Å². The van der Waals surface area contributed by atoms with Crippen LogP contribution in [0.2, 0.25) is 0 Å². The first-order valence-electron chi connectivity index (χ1n) is 20.6. The molecule has 0 aromatic heterocycles. The molecule has 2 heterocycles. The fourth-order valence-corrected chi connectivity index (χ4v) is 5.48. The Morgan fingerprint density at radius 1 is 0.662 bits per heavy atom. The van der Waals surface area contributed by atoms with Crippen LogP contribution in [0.3, 0.4) is 0 Å². The zero-order valence-electron chi connectivity index (χ0n) is 37.3. The molecule has 2 aromatic rings. The van der Waals surface area contributed by atoms with E-state index in [2.05, 4.69) is 26.3 Å². The van der Waals surface area contributed by atoms with Gasteiger partial charge in [0.2, 0.25) is 17.8 Å². The minimum absolute atomic E-state index is 0.00270. The second-order valence-electron chi connectivity index (χ2n) is 16.8. The number of benzene rings is 2. The Hall–Kier alpha value is -7.11. The zero-order chi connectivity index (χ0) is 48.3. The fraction of sp³-hybridized carbons (Fsp3) is 0.537. The maximum atomic E-state index is 12.4. The Bertz CT molecular complexity index is 1930. The summed E-state index contributed by atoms with van der Waals surface area (Å²) in [6.45, 7) is 12.5. The number of hydrogen-bond acceptors (Lipinski definition) is 16. The Morgan fingerprint density at radius 2 is 1.03 bits per heavy atom. The topological polar surface area (TPSA) is 319 Å². The summed E-state index contributed by atoms with van der Waals surface area (Å²) in [7, 11) is 0. The Kier molecular flexibility index (Phi) is 19.8. The van der Waals surface area contributed by atoms with E-state index in [9.17, 15) is 49.0 Å². The summed E-state index contributed by atoms with van der Waals surface area (Å²) in [6.07, 6.45) is -1.36. The number of aliphatic imine (C=N–C) groups is 1. The highest BCUT2D eigenvalue weighted by atomic mass is 16.6. The lowest BCUT2D eigenvalue weighted by Crippen LogP contribution is -2.61. The highest BCUT2D eigenvalue weighted by Gasteiger charge is 2.35. The molecule has 356 valence electrons. The minimum Gasteiger partial charge on any atom is -0.444 e. The van der Waals surface area contributed by atoms with E-state index in [1.54, 1.807) is 25.7 Å². The molecular weight excluding hydrogens is 857 g/mol. The first-order chi connectivity index (χ1) is 30.5. The maximum absolute atomic E-state index is 12.4. The molecule has 65 heavy (non-hydrogen) atoms. The van der Waals surface area contributed by atoms with Gasteiger partial charge in [0.25, 0.3) is 11.4 Å². The molecule has 0 spiro atoms. The van der Waals surface area contributed by atoms with Gasteiger partial charge in [0.05, 0.1) is 21.9 Å². The molecule has 2 fully saturated rings. The van der Waals surface area contributed by atoms with Crippen LogP contribution >= 0.6 is 0 Å². The number of non-ortho nitro benzene ring substituents is 2. The van der Waals surface area contributed by atoms with Crippen molar-refractivity contribution in [3.05, 3.63) is 79.9 Å². The van der Waals surface area contributed by atoms with E-state index in [0.29, 0.717) is 56.7 Å². The van der Waals surface area contributed by atoms with Crippen LogP contribution in [-0.4, -0.2) is 124 Å². The summed E-state index contributed by atoms with van der Waals surface area (Å²) < 4.78 is 20.7. The molecule has 0 radical (unpaired) electrons. The number of amides is 6. The van der Waals surface area contributed by atoms with Crippen molar-refractivity contribution >= 4 is 53.5 Å².